The van der Waals surface area contributed by atoms with Crippen LogP contribution < -0.4 is 5.32 Å². The van der Waals surface area contributed by atoms with Gasteiger partial charge in [-0.15, -0.1) is 0 Å². The molecule has 0 bridgehead atoms. The summed E-state index contributed by atoms with van der Waals surface area (Å²) in [4.78, 5) is 4.21. The summed E-state index contributed by atoms with van der Waals surface area (Å²) < 4.78 is 19.6. The molecule has 1 aromatic carbocycles. The summed E-state index contributed by atoms with van der Waals surface area (Å²) >= 11 is 0. The van der Waals surface area contributed by atoms with Crippen LogP contribution in [0.2, 0.25) is 0 Å². The zero-order valence-corrected chi connectivity index (χ0v) is 12.5. The van der Waals surface area contributed by atoms with Crippen LogP contribution >= 0.6 is 0 Å². The van der Waals surface area contributed by atoms with Gasteiger partial charge in [0.15, 0.2) is 11.7 Å². The molecule has 0 radical (unpaired) electrons. The SMILES string of the molecule is Cc1cccc(-c2cnc(CCNC(C)(C)C)o2)c1F. The van der Waals surface area contributed by atoms with Gasteiger partial charge in [0.2, 0.25) is 0 Å². The number of aryl methyl sites for hydroxylation is 1. The highest BCUT2D eigenvalue weighted by Gasteiger charge is 2.13. The van der Waals surface area contributed by atoms with Crippen molar-refractivity contribution in [2.45, 2.75) is 39.7 Å². The van der Waals surface area contributed by atoms with Gasteiger partial charge in [0, 0.05) is 18.5 Å². The highest BCUT2D eigenvalue weighted by atomic mass is 19.1. The van der Waals surface area contributed by atoms with Gasteiger partial charge >= 0.3 is 0 Å². The number of rotatable bonds is 4. The number of hydrogen-bond acceptors (Lipinski definition) is 3. The Balaban J connectivity index is 2.07. The number of nitrogens with one attached hydrogen (secondary N) is 1. The molecule has 0 saturated carbocycles. The lowest BCUT2D eigenvalue weighted by molar-refractivity contribution is 0.411. The molecule has 0 aliphatic rings. The molecule has 0 aliphatic heterocycles. The van der Waals surface area contributed by atoms with Crippen LogP contribution in [0.25, 0.3) is 11.3 Å². The van der Waals surface area contributed by atoms with Crippen molar-refractivity contribution in [2.24, 2.45) is 0 Å². The maximum Gasteiger partial charge on any atom is 0.196 e. The smallest absolute Gasteiger partial charge is 0.196 e. The fourth-order valence-electron chi connectivity index (χ4n) is 1.93. The van der Waals surface area contributed by atoms with Crippen LogP contribution in [0.3, 0.4) is 0 Å². The summed E-state index contributed by atoms with van der Waals surface area (Å²) in [5.41, 5.74) is 1.14. The molecule has 2 aromatic rings. The third kappa shape index (κ3) is 3.67. The van der Waals surface area contributed by atoms with E-state index in [-0.39, 0.29) is 11.4 Å². The van der Waals surface area contributed by atoms with E-state index >= 15 is 0 Å². The standard InChI is InChI=1S/C16H21FN2O/c1-11-6-5-7-12(15(11)17)13-10-18-14(20-13)8-9-19-16(2,3)4/h5-7,10,19H,8-9H2,1-4H3. The van der Waals surface area contributed by atoms with Crippen LogP contribution in [0.4, 0.5) is 4.39 Å². The van der Waals surface area contributed by atoms with Gasteiger partial charge in [0.25, 0.3) is 0 Å². The van der Waals surface area contributed by atoms with Crippen molar-refractivity contribution in [2.75, 3.05) is 6.54 Å². The number of nitrogens with zero attached hydrogens (tertiary/aromatic N) is 1. The Bertz CT molecular complexity index is 584. The summed E-state index contributed by atoms with van der Waals surface area (Å²) in [6.07, 6.45) is 2.27. The van der Waals surface area contributed by atoms with Crippen molar-refractivity contribution < 1.29 is 8.81 Å². The Morgan fingerprint density at radius 1 is 1.30 bits per heavy atom. The van der Waals surface area contributed by atoms with E-state index in [1.807, 2.05) is 6.07 Å². The lowest BCUT2D eigenvalue weighted by Gasteiger charge is -2.19. The number of hydrogen-bond donors (Lipinski definition) is 1. The number of benzene rings is 1. The molecule has 0 saturated heterocycles. The molecule has 0 spiro atoms. The van der Waals surface area contributed by atoms with Crippen LogP contribution in [-0.4, -0.2) is 17.1 Å². The zero-order chi connectivity index (χ0) is 14.8. The van der Waals surface area contributed by atoms with Gasteiger partial charge < -0.3 is 9.73 Å². The van der Waals surface area contributed by atoms with Gasteiger partial charge in [-0.05, 0) is 39.3 Å². The van der Waals surface area contributed by atoms with E-state index in [1.165, 1.54) is 0 Å². The first-order valence-corrected chi connectivity index (χ1v) is 6.82. The minimum atomic E-state index is -0.247. The molecule has 0 fully saturated rings. The summed E-state index contributed by atoms with van der Waals surface area (Å²) in [6, 6.07) is 5.26. The predicted octanol–water partition coefficient (Wildman–Crippen LogP) is 3.72. The molecule has 0 amide bonds. The molecule has 0 atom stereocenters. The Hall–Kier alpha value is -1.68. The van der Waals surface area contributed by atoms with E-state index in [9.17, 15) is 4.39 Å². The maximum absolute atomic E-state index is 14.0. The van der Waals surface area contributed by atoms with E-state index in [1.54, 1.807) is 25.3 Å². The van der Waals surface area contributed by atoms with Gasteiger partial charge in [0.05, 0.1) is 11.8 Å². The largest absolute Gasteiger partial charge is 0.441 e. The van der Waals surface area contributed by atoms with Crippen LogP contribution in [0.5, 0.6) is 0 Å². The maximum atomic E-state index is 14.0. The van der Waals surface area contributed by atoms with Gasteiger partial charge in [-0.1, -0.05) is 12.1 Å². The van der Waals surface area contributed by atoms with E-state index in [2.05, 4.69) is 31.1 Å². The third-order valence-corrected chi connectivity index (χ3v) is 3.01. The average molecular weight is 276 g/mol. The second-order valence-electron chi connectivity index (χ2n) is 5.98. The minimum Gasteiger partial charge on any atom is -0.441 e. The highest BCUT2D eigenvalue weighted by molar-refractivity contribution is 5.58. The fourth-order valence-corrected chi connectivity index (χ4v) is 1.93. The van der Waals surface area contributed by atoms with Crippen molar-refractivity contribution >= 4 is 0 Å². The summed E-state index contributed by atoms with van der Waals surface area (Å²) in [5, 5.41) is 3.37. The fraction of sp³-hybridized carbons (Fsp3) is 0.438. The second-order valence-corrected chi connectivity index (χ2v) is 5.98. The first-order valence-electron chi connectivity index (χ1n) is 6.82. The molecule has 2 rings (SSSR count). The molecule has 3 nitrogen and oxygen atoms in total. The normalized spacial score (nSPS) is 11.8. The number of aromatic nitrogens is 1. The van der Waals surface area contributed by atoms with Gasteiger partial charge in [-0.3, -0.25) is 0 Å². The minimum absolute atomic E-state index is 0.0675. The molecule has 108 valence electrons. The van der Waals surface area contributed by atoms with E-state index in [4.69, 9.17) is 4.42 Å². The third-order valence-electron chi connectivity index (χ3n) is 3.01. The Labute approximate surface area is 119 Å². The number of oxazole rings is 1. The molecule has 20 heavy (non-hydrogen) atoms. The van der Waals surface area contributed by atoms with Gasteiger partial charge in [-0.2, -0.15) is 0 Å². The van der Waals surface area contributed by atoms with Crippen LogP contribution in [0.1, 0.15) is 32.2 Å². The van der Waals surface area contributed by atoms with E-state index in [0.717, 1.165) is 6.54 Å². The second kappa shape index (κ2) is 5.75. The van der Waals surface area contributed by atoms with Crippen molar-refractivity contribution in [1.82, 2.24) is 10.3 Å². The van der Waals surface area contributed by atoms with Crippen LogP contribution in [0.15, 0.2) is 28.8 Å². The van der Waals surface area contributed by atoms with Crippen molar-refractivity contribution in [1.29, 1.82) is 0 Å². The Kier molecular flexibility index (Phi) is 4.23. The van der Waals surface area contributed by atoms with E-state index < -0.39 is 0 Å². The summed E-state index contributed by atoms with van der Waals surface area (Å²) in [5.74, 6) is 0.859. The monoisotopic (exact) mass is 276 g/mol. The summed E-state index contributed by atoms with van der Waals surface area (Å²) in [6.45, 7) is 8.84. The highest BCUT2D eigenvalue weighted by Crippen LogP contribution is 2.25. The Morgan fingerprint density at radius 3 is 2.75 bits per heavy atom. The predicted molar refractivity (Wildman–Crippen MR) is 78.1 cm³/mol. The average Bonchev–Trinajstić information content (AvgIpc) is 2.79. The zero-order valence-electron chi connectivity index (χ0n) is 12.5. The van der Waals surface area contributed by atoms with Crippen molar-refractivity contribution in [3.8, 4) is 11.3 Å². The molecule has 0 aliphatic carbocycles. The molecular weight excluding hydrogens is 255 g/mol. The Morgan fingerprint density at radius 2 is 2.05 bits per heavy atom. The molecule has 1 heterocycles. The molecule has 0 unspecified atom stereocenters. The molecule has 1 N–H and O–H groups in total. The van der Waals surface area contributed by atoms with E-state index in [0.29, 0.717) is 29.2 Å². The van der Waals surface area contributed by atoms with Gasteiger partial charge in [-0.25, -0.2) is 9.37 Å². The molecular formula is C16H21FN2O. The van der Waals surface area contributed by atoms with Crippen molar-refractivity contribution in [3.05, 3.63) is 41.7 Å². The van der Waals surface area contributed by atoms with Crippen molar-refractivity contribution in [3.63, 3.8) is 0 Å². The van der Waals surface area contributed by atoms with Crippen LogP contribution in [-0.2, 0) is 6.42 Å². The summed E-state index contributed by atoms with van der Waals surface area (Å²) in [7, 11) is 0. The first-order chi connectivity index (χ1) is 9.37. The van der Waals surface area contributed by atoms with Gasteiger partial charge in [0.1, 0.15) is 5.82 Å². The first kappa shape index (κ1) is 14.7. The quantitative estimate of drug-likeness (QED) is 0.925. The molecule has 4 heteroatoms. The van der Waals surface area contributed by atoms with Crippen LogP contribution in [0, 0.1) is 12.7 Å². The lowest BCUT2D eigenvalue weighted by atomic mass is 10.1. The lowest BCUT2D eigenvalue weighted by Crippen LogP contribution is -2.37. The molecule has 1 aromatic heterocycles. The topological polar surface area (TPSA) is 38.1 Å². The number of halogens is 1.